The number of hydrogen-bond donors (Lipinski definition) is 1. The topological polar surface area (TPSA) is 40.5 Å². The van der Waals surface area contributed by atoms with E-state index in [2.05, 4.69) is 39.9 Å². The average Bonchev–Trinajstić information content (AvgIpc) is 2.27. The van der Waals surface area contributed by atoms with E-state index in [-0.39, 0.29) is 6.42 Å². The molecule has 4 heteroatoms. The Kier molecular flexibility index (Phi) is 5.48. The highest BCUT2D eigenvalue weighted by Crippen LogP contribution is 2.23. The van der Waals surface area contributed by atoms with Crippen LogP contribution in [0.4, 0.5) is 5.69 Å². The summed E-state index contributed by atoms with van der Waals surface area (Å²) in [6, 6.07) is 6.19. The van der Waals surface area contributed by atoms with E-state index < -0.39 is 5.97 Å². The summed E-state index contributed by atoms with van der Waals surface area (Å²) in [5, 5.41) is 8.56. The molecular formula is C13H18BrNO2. The van der Waals surface area contributed by atoms with E-state index >= 15 is 0 Å². The molecule has 0 spiro atoms. The molecule has 1 aromatic carbocycles. The molecule has 1 rings (SSSR count). The number of halogens is 1. The van der Waals surface area contributed by atoms with Crippen LogP contribution in [-0.4, -0.2) is 24.7 Å². The van der Waals surface area contributed by atoms with E-state index in [0.29, 0.717) is 0 Å². The van der Waals surface area contributed by atoms with Gasteiger partial charge in [0.05, 0.1) is 0 Å². The van der Waals surface area contributed by atoms with Crippen molar-refractivity contribution in [1.82, 2.24) is 0 Å². The van der Waals surface area contributed by atoms with Crippen LogP contribution in [0.2, 0.25) is 0 Å². The van der Waals surface area contributed by atoms with Gasteiger partial charge in [0.2, 0.25) is 0 Å². The molecule has 0 fully saturated rings. The Morgan fingerprint density at radius 2 is 2.12 bits per heavy atom. The predicted octanol–water partition coefficient (Wildman–Crippen LogP) is 3.45. The highest BCUT2D eigenvalue weighted by molar-refractivity contribution is 9.10. The van der Waals surface area contributed by atoms with Gasteiger partial charge in [-0.05, 0) is 37.5 Å². The number of aryl methyl sites for hydroxylation is 1. The Bertz CT molecular complexity index is 393. The molecule has 0 saturated carbocycles. The molecule has 0 atom stereocenters. The lowest BCUT2D eigenvalue weighted by atomic mass is 10.1. The molecule has 1 aromatic rings. The summed E-state index contributed by atoms with van der Waals surface area (Å²) >= 11 is 3.46. The maximum Gasteiger partial charge on any atom is 0.303 e. The lowest BCUT2D eigenvalue weighted by molar-refractivity contribution is -0.137. The van der Waals surface area contributed by atoms with Crippen LogP contribution in [-0.2, 0) is 4.79 Å². The molecule has 0 bridgehead atoms. The van der Waals surface area contributed by atoms with E-state index in [1.54, 1.807) is 0 Å². The highest BCUT2D eigenvalue weighted by atomic mass is 79.9. The molecule has 0 aromatic heterocycles. The molecule has 0 unspecified atom stereocenters. The quantitative estimate of drug-likeness (QED) is 0.818. The fourth-order valence-electron chi connectivity index (χ4n) is 1.74. The van der Waals surface area contributed by atoms with E-state index in [1.807, 2.05) is 13.1 Å². The van der Waals surface area contributed by atoms with Crippen molar-refractivity contribution in [2.24, 2.45) is 0 Å². The van der Waals surface area contributed by atoms with Crippen molar-refractivity contribution in [2.45, 2.75) is 26.2 Å². The second-order valence-electron chi connectivity index (χ2n) is 4.20. The zero-order valence-electron chi connectivity index (χ0n) is 10.2. The maximum atomic E-state index is 10.4. The molecule has 94 valence electrons. The average molecular weight is 300 g/mol. The molecule has 17 heavy (non-hydrogen) atoms. The number of rotatable bonds is 6. The van der Waals surface area contributed by atoms with Crippen LogP contribution in [0.15, 0.2) is 22.7 Å². The monoisotopic (exact) mass is 299 g/mol. The highest BCUT2D eigenvalue weighted by Gasteiger charge is 2.05. The van der Waals surface area contributed by atoms with Crippen molar-refractivity contribution >= 4 is 27.6 Å². The lowest BCUT2D eigenvalue weighted by Crippen LogP contribution is -2.19. The van der Waals surface area contributed by atoms with Crippen molar-refractivity contribution in [3.63, 3.8) is 0 Å². The van der Waals surface area contributed by atoms with Crippen molar-refractivity contribution in [3.05, 3.63) is 28.2 Å². The minimum absolute atomic E-state index is 0.255. The predicted molar refractivity (Wildman–Crippen MR) is 73.6 cm³/mol. The molecule has 0 aliphatic heterocycles. The zero-order valence-corrected chi connectivity index (χ0v) is 11.8. The Morgan fingerprint density at radius 1 is 1.41 bits per heavy atom. The van der Waals surface area contributed by atoms with Gasteiger partial charge in [-0.3, -0.25) is 4.79 Å². The summed E-state index contributed by atoms with van der Waals surface area (Å²) in [7, 11) is 2.04. The maximum absolute atomic E-state index is 10.4. The summed E-state index contributed by atoms with van der Waals surface area (Å²) in [4.78, 5) is 12.6. The number of hydrogen-bond acceptors (Lipinski definition) is 2. The van der Waals surface area contributed by atoms with Gasteiger partial charge >= 0.3 is 5.97 Å². The van der Waals surface area contributed by atoms with E-state index in [1.165, 1.54) is 11.3 Å². The van der Waals surface area contributed by atoms with Crippen LogP contribution in [0.25, 0.3) is 0 Å². The van der Waals surface area contributed by atoms with Gasteiger partial charge in [-0.25, -0.2) is 0 Å². The van der Waals surface area contributed by atoms with Crippen LogP contribution in [0.3, 0.4) is 0 Å². The Morgan fingerprint density at radius 3 is 2.76 bits per heavy atom. The van der Waals surface area contributed by atoms with Crippen LogP contribution >= 0.6 is 15.9 Å². The van der Waals surface area contributed by atoms with Crippen molar-refractivity contribution in [2.75, 3.05) is 18.5 Å². The van der Waals surface area contributed by atoms with E-state index in [0.717, 1.165) is 23.9 Å². The minimum Gasteiger partial charge on any atom is -0.481 e. The van der Waals surface area contributed by atoms with Crippen molar-refractivity contribution < 1.29 is 9.90 Å². The number of anilines is 1. The number of benzene rings is 1. The lowest BCUT2D eigenvalue weighted by Gasteiger charge is -2.21. The molecule has 1 N–H and O–H groups in total. The standard InChI is InChI=1S/C13H18BrNO2/c1-10-6-7-11(14)9-12(10)15(2)8-4-3-5-13(16)17/h6-7,9H,3-5,8H2,1-2H3,(H,16,17). The van der Waals surface area contributed by atoms with Crippen LogP contribution in [0.5, 0.6) is 0 Å². The summed E-state index contributed by atoms with van der Waals surface area (Å²) in [5.74, 6) is -0.716. The first kappa shape index (κ1) is 14.0. The number of carboxylic acids is 1. The number of carbonyl (C=O) groups is 1. The SMILES string of the molecule is Cc1ccc(Br)cc1N(C)CCCCC(=O)O. The Labute approximate surface area is 111 Å². The van der Waals surface area contributed by atoms with E-state index in [9.17, 15) is 4.79 Å². The van der Waals surface area contributed by atoms with Crippen molar-refractivity contribution in [3.8, 4) is 0 Å². The summed E-state index contributed by atoms with van der Waals surface area (Å²) in [6.45, 7) is 2.96. The molecule has 0 radical (unpaired) electrons. The Balaban J connectivity index is 2.49. The third-order valence-corrected chi connectivity index (χ3v) is 3.21. The molecule has 0 amide bonds. The Hall–Kier alpha value is -1.03. The molecular weight excluding hydrogens is 282 g/mol. The molecule has 3 nitrogen and oxygen atoms in total. The van der Waals surface area contributed by atoms with Gasteiger partial charge in [0.15, 0.2) is 0 Å². The van der Waals surface area contributed by atoms with Gasteiger partial charge in [-0.2, -0.15) is 0 Å². The van der Waals surface area contributed by atoms with Crippen LogP contribution in [0, 0.1) is 6.92 Å². The summed E-state index contributed by atoms with van der Waals surface area (Å²) in [5.41, 5.74) is 2.42. The first-order valence-corrected chi connectivity index (χ1v) is 6.49. The summed E-state index contributed by atoms with van der Waals surface area (Å²) in [6.07, 6.45) is 1.88. The van der Waals surface area contributed by atoms with E-state index in [4.69, 9.17) is 5.11 Å². The van der Waals surface area contributed by atoms with Gasteiger partial charge in [0, 0.05) is 30.2 Å². The minimum atomic E-state index is -0.716. The first-order chi connectivity index (χ1) is 8.00. The number of nitrogens with zero attached hydrogens (tertiary/aromatic N) is 1. The fourth-order valence-corrected chi connectivity index (χ4v) is 2.09. The van der Waals surface area contributed by atoms with Gasteiger partial charge in [0.1, 0.15) is 0 Å². The molecule has 0 aliphatic carbocycles. The second kappa shape index (κ2) is 6.64. The first-order valence-electron chi connectivity index (χ1n) is 5.70. The van der Waals surface area contributed by atoms with Crippen molar-refractivity contribution in [1.29, 1.82) is 0 Å². The normalized spacial score (nSPS) is 10.3. The number of unbranched alkanes of at least 4 members (excludes halogenated alkanes) is 1. The largest absolute Gasteiger partial charge is 0.481 e. The molecule has 0 saturated heterocycles. The molecule has 0 aliphatic rings. The zero-order chi connectivity index (χ0) is 12.8. The van der Waals surface area contributed by atoms with Crippen LogP contribution < -0.4 is 4.90 Å². The number of carboxylic acid groups (broad SMARTS) is 1. The smallest absolute Gasteiger partial charge is 0.303 e. The van der Waals surface area contributed by atoms with Gasteiger partial charge in [0.25, 0.3) is 0 Å². The summed E-state index contributed by atoms with van der Waals surface area (Å²) < 4.78 is 1.07. The van der Waals surface area contributed by atoms with Gasteiger partial charge < -0.3 is 10.0 Å². The number of aliphatic carboxylic acids is 1. The second-order valence-corrected chi connectivity index (χ2v) is 5.12. The fraction of sp³-hybridized carbons (Fsp3) is 0.462. The van der Waals surface area contributed by atoms with Gasteiger partial charge in [-0.1, -0.05) is 22.0 Å². The third-order valence-electron chi connectivity index (χ3n) is 2.72. The van der Waals surface area contributed by atoms with Crippen LogP contribution in [0.1, 0.15) is 24.8 Å². The third kappa shape index (κ3) is 4.77. The van der Waals surface area contributed by atoms with Gasteiger partial charge in [-0.15, -0.1) is 0 Å². The molecule has 0 heterocycles.